The van der Waals surface area contributed by atoms with Gasteiger partial charge in [0.25, 0.3) is 0 Å². The zero-order chi connectivity index (χ0) is 12.0. The first-order chi connectivity index (χ1) is 7.63. The average molecular weight is 221 g/mol. The van der Waals surface area contributed by atoms with Crippen molar-refractivity contribution in [2.75, 3.05) is 27.2 Å². The number of nitrogens with zero attached hydrogens (tertiary/aromatic N) is 1. The summed E-state index contributed by atoms with van der Waals surface area (Å²) >= 11 is 0. The van der Waals surface area contributed by atoms with E-state index in [9.17, 15) is 0 Å². The van der Waals surface area contributed by atoms with Crippen LogP contribution in [0.2, 0.25) is 0 Å². The Hall–Kier alpha value is -0.860. The molecule has 0 saturated heterocycles. The van der Waals surface area contributed by atoms with E-state index in [1.807, 2.05) is 0 Å². The molecule has 1 N–H and O–H groups in total. The van der Waals surface area contributed by atoms with Gasteiger partial charge in [0.05, 0.1) is 0 Å². The number of benzene rings is 1. The predicted molar refractivity (Wildman–Crippen MR) is 68.8 cm³/mol. The molecule has 0 unspecified atom stereocenters. The van der Waals surface area contributed by atoms with Crippen LogP contribution in [0.25, 0.3) is 0 Å². The maximum absolute atomic E-state index is 9.12. The maximum atomic E-state index is 9.12. The summed E-state index contributed by atoms with van der Waals surface area (Å²) < 4.78 is 0. The van der Waals surface area contributed by atoms with Gasteiger partial charge in [0.1, 0.15) is 0 Å². The summed E-state index contributed by atoms with van der Waals surface area (Å²) in [5.74, 6) is 0.479. The Bertz CT molecular complexity index is 309. The van der Waals surface area contributed by atoms with Crippen LogP contribution in [0.15, 0.2) is 24.3 Å². The van der Waals surface area contributed by atoms with Crippen LogP contribution >= 0.6 is 0 Å². The van der Waals surface area contributed by atoms with Gasteiger partial charge in [-0.1, -0.05) is 29.8 Å². The first-order valence-electron chi connectivity index (χ1n) is 5.95. The van der Waals surface area contributed by atoms with E-state index < -0.39 is 0 Å². The van der Waals surface area contributed by atoms with Crippen LogP contribution in [0, 0.1) is 6.92 Å². The van der Waals surface area contributed by atoms with Gasteiger partial charge in [0.2, 0.25) is 0 Å². The summed E-state index contributed by atoms with van der Waals surface area (Å²) in [5, 5.41) is 9.12. The lowest BCUT2D eigenvalue weighted by atomic mass is 9.91. The minimum atomic E-state index is 0.270. The van der Waals surface area contributed by atoms with Crippen LogP contribution < -0.4 is 0 Å². The smallest absolute Gasteiger partial charge is 0.0436 e. The van der Waals surface area contributed by atoms with Crippen LogP contribution in [0.4, 0.5) is 0 Å². The fraction of sp³-hybridized carbons (Fsp3) is 0.571. The Morgan fingerprint density at radius 2 is 2.00 bits per heavy atom. The van der Waals surface area contributed by atoms with Crippen molar-refractivity contribution in [3.63, 3.8) is 0 Å². The summed E-state index contributed by atoms with van der Waals surface area (Å²) in [7, 11) is 4.18. The van der Waals surface area contributed by atoms with Crippen molar-refractivity contribution in [3.8, 4) is 0 Å². The minimum absolute atomic E-state index is 0.270. The molecule has 1 aromatic carbocycles. The first-order valence-corrected chi connectivity index (χ1v) is 5.95. The zero-order valence-corrected chi connectivity index (χ0v) is 10.6. The molecule has 0 aromatic heterocycles. The highest BCUT2D eigenvalue weighted by molar-refractivity contribution is 5.25. The number of aliphatic hydroxyl groups is 1. The fourth-order valence-electron chi connectivity index (χ4n) is 1.97. The largest absolute Gasteiger partial charge is 0.396 e. The van der Waals surface area contributed by atoms with Gasteiger partial charge in [-0.2, -0.15) is 0 Å². The van der Waals surface area contributed by atoms with E-state index in [4.69, 9.17) is 5.11 Å². The van der Waals surface area contributed by atoms with Gasteiger partial charge >= 0.3 is 0 Å². The van der Waals surface area contributed by atoms with Crippen molar-refractivity contribution >= 4 is 0 Å². The molecule has 0 aliphatic heterocycles. The van der Waals surface area contributed by atoms with Gasteiger partial charge in [-0.25, -0.2) is 0 Å². The molecule has 0 saturated carbocycles. The van der Waals surface area contributed by atoms with Gasteiger partial charge < -0.3 is 10.0 Å². The van der Waals surface area contributed by atoms with Gasteiger partial charge in [0, 0.05) is 6.61 Å². The highest BCUT2D eigenvalue weighted by Gasteiger charge is 2.11. The van der Waals surface area contributed by atoms with Crippen molar-refractivity contribution in [2.45, 2.75) is 25.7 Å². The molecule has 0 fully saturated rings. The molecular formula is C14H23NO. The topological polar surface area (TPSA) is 23.5 Å². The minimum Gasteiger partial charge on any atom is -0.396 e. The number of hydrogen-bond donors (Lipinski definition) is 1. The van der Waals surface area contributed by atoms with Gasteiger partial charge in [-0.3, -0.25) is 0 Å². The van der Waals surface area contributed by atoms with E-state index in [0.29, 0.717) is 5.92 Å². The Balaban J connectivity index is 2.68. The molecule has 0 heterocycles. The summed E-state index contributed by atoms with van der Waals surface area (Å²) in [6.45, 7) is 3.45. The van der Waals surface area contributed by atoms with Crippen LogP contribution in [0.1, 0.15) is 29.9 Å². The van der Waals surface area contributed by atoms with Crippen molar-refractivity contribution in [2.24, 2.45) is 0 Å². The molecule has 90 valence electrons. The predicted octanol–water partition coefficient (Wildman–Crippen LogP) is 2.41. The normalized spacial score (nSPS) is 13.1. The lowest BCUT2D eigenvalue weighted by Gasteiger charge is -2.19. The molecule has 0 aliphatic carbocycles. The first kappa shape index (κ1) is 13.2. The van der Waals surface area contributed by atoms with Crippen molar-refractivity contribution in [3.05, 3.63) is 35.4 Å². The second-order valence-corrected chi connectivity index (χ2v) is 4.72. The number of rotatable bonds is 6. The molecule has 0 amide bonds. The zero-order valence-electron chi connectivity index (χ0n) is 10.6. The fourth-order valence-corrected chi connectivity index (χ4v) is 1.97. The Morgan fingerprint density at radius 1 is 1.25 bits per heavy atom. The van der Waals surface area contributed by atoms with Crippen LogP contribution in [-0.4, -0.2) is 37.3 Å². The molecule has 2 heteroatoms. The quantitative estimate of drug-likeness (QED) is 0.797. The molecule has 1 aromatic rings. The molecular weight excluding hydrogens is 198 g/mol. The van der Waals surface area contributed by atoms with Gasteiger partial charge in [-0.05, 0) is 51.9 Å². The third kappa shape index (κ3) is 4.33. The van der Waals surface area contributed by atoms with Crippen LogP contribution in [0.5, 0.6) is 0 Å². The monoisotopic (exact) mass is 221 g/mol. The summed E-state index contributed by atoms with van der Waals surface area (Å²) in [5.41, 5.74) is 2.65. The second kappa shape index (κ2) is 6.66. The Morgan fingerprint density at radius 3 is 2.56 bits per heavy atom. The molecule has 0 radical (unpaired) electrons. The SMILES string of the molecule is Cc1cccc([C@H](CCO)CCN(C)C)c1. The molecule has 0 aliphatic rings. The third-order valence-corrected chi connectivity index (χ3v) is 2.92. The van der Waals surface area contributed by atoms with Crippen molar-refractivity contribution in [1.29, 1.82) is 0 Å². The van der Waals surface area contributed by atoms with E-state index in [1.54, 1.807) is 0 Å². The number of hydrogen-bond acceptors (Lipinski definition) is 2. The number of aryl methyl sites for hydroxylation is 1. The van der Waals surface area contributed by atoms with E-state index in [-0.39, 0.29) is 6.61 Å². The van der Waals surface area contributed by atoms with Crippen LogP contribution in [0.3, 0.4) is 0 Å². The van der Waals surface area contributed by atoms with Gasteiger partial charge in [-0.15, -0.1) is 0 Å². The standard InChI is InChI=1S/C14H23NO/c1-12-5-4-6-14(11-12)13(8-10-16)7-9-15(2)3/h4-6,11,13,16H,7-10H2,1-3H3/t13-/m0/s1. The highest BCUT2D eigenvalue weighted by atomic mass is 16.3. The van der Waals surface area contributed by atoms with E-state index in [0.717, 1.165) is 19.4 Å². The molecule has 2 nitrogen and oxygen atoms in total. The van der Waals surface area contributed by atoms with E-state index in [1.165, 1.54) is 11.1 Å². The summed E-state index contributed by atoms with van der Waals surface area (Å²) in [4.78, 5) is 2.19. The average Bonchev–Trinajstić information content (AvgIpc) is 2.24. The van der Waals surface area contributed by atoms with Gasteiger partial charge in [0.15, 0.2) is 0 Å². The second-order valence-electron chi connectivity index (χ2n) is 4.72. The molecule has 0 bridgehead atoms. The Labute approximate surface area is 98.9 Å². The molecule has 16 heavy (non-hydrogen) atoms. The van der Waals surface area contributed by atoms with Crippen LogP contribution in [-0.2, 0) is 0 Å². The lowest BCUT2D eigenvalue weighted by Crippen LogP contribution is -2.16. The van der Waals surface area contributed by atoms with E-state index >= 15 is 0 Å². The summed E-state index contributed by atoms with van der Waals surface area (Å²) in [6, 6.07) is 8.62. The molecule has 1 atom stereocenters. The summed E-state index contributed by atoms with van der Waals surface area (Å²) in [6.07, 6.45) is 1.97. The third-order valence-electron chi connectivity index (χ3n) is 2.92. The molecule has 0 spiro atoms. The maximum Gasteiger partial charge on any atom is 0.0436 e. The lowest BCUT2D eigenvalue weighted by molar-refractivity contribution is 0.266. The number of aliphatic hydroxyl groups excluding tert-OH is 1. The van der Waals surface area contributed by atoms with E-state index in [2.05, 4.69) is 50.2 Å². The Kier molecular flexibility index (Phi) is 5.50. The molecule has 1 rings (SSSR count). The van der Waals surface area contributed by atoms with Crippen molar-refractivity contribution < 1.29 is 5.11 Å². The highest BCUT2D eigenvalue weighted by Crippen LogP contribution is 2.24. The van der Waals surface area contributed by atoms with Crippen molar-refractivity contribution in [1.82, 2.24) is 4.90 Å².